The molecule has 19 heavy (non-hydrogen) atoms. The van der Waals surface area contributed by atoms with Crippen molar-refractivity contribution in [3.05, 3.63) is 0 Å². The van der Waals surface area contributed by atoms with Gasteiger partial charge in [-0.25, -0.2) is 17.5 Å². The van der Waals surface area contributed by atoms with Gasteiger partial charge in [-0.15, -0.1) is 0 Å². The quantitative estimate of drug-likeness (QED) is 0.343. The van der Waals surface area contributed by atoms with Crippen LogP contribution in [0.3, 0.4) is 0 Å². The SMILES string of the molecule is CN(SC(F)(F)F)C(=O)ON=CC(C)(C)S(C)(=O)=O. The zero-order chi connectivity index (χ0) is 15.5. The second kappa shape index (κ2) is 5.99. The summed E-state index contributed by atoms with van der Waals surface area (Å²) in [4.78, 5) is 15.2. The Morgan fingerprint density at radius 2 is 1.84 bits per heavy atom. The van der Waals surface area contributed by atoms with E-state index < -0.39 is 38.1 Å². The third-order valence-corrected chi connectivity index (χ3v) is 4.59. The van der Waals surface area contributed by atoms with Crippen molar-refractivity contribution < 1.29 is 31.2 Å². The van der Waals surface area contributed by atoms with Crippen LogP contribution < -0.4 is 0 Å². The Kier molecular flexibility index (Phi) is 5.68. The first-order valence-electron chi connectivity index (χ1n) is 4.71. The van der Waals surface area contributed by atoms with E-state index in [0.29, 0.717) is 0 Å². The molecule has 0 radical (unpaired) electrons. The van der Waals surface area contributed by atoms with Crippen molar-refractivity contribution in [3.8, 4) is 0 Å². The Morgan fingerprint density at radius 3 is 2.21 bits per heavy atom. The molecule has 0 spiro atoms. The molecule has 0 rings (SSSR count). The van der Waals surface area contributed by atoms with Gasteiger partial charge in [-0.3, -0.25) is 4.84 Å². The zero-order valence-corrected chi connectivity index (χ0v) is 12.2. The molecule has 0 aliphatic carbocycles. The fourth-order valence-electron chi connectivity index (χ4n) is 0.544. The molecule has 0 aliphatic heterocycles. The maximum atomic E-state index is 11.9. The number of alkyl halides is 3. The van der Waals surface area contributed by atoms with Crippen LogP contribution in [0.15, 0.2) is 5.16 Å². The maximum absolute atomic E-state index is 11.9. The van der Waals surface area contributed by atoms with E-state index in [9.17, 15) is 26.4 Å². The first-order chi connectivity index (χ1) is 8.26. The molecule has 0 aromatic carbocycles. The molecule has 0 unspecified atom stereocenters. The summed E-state index contributed by atoms with van der Waals surface area (Å²) in [5.74, 6) is 0. The Balaban J connectivity index is 4.55. The van der Waals surface area contributed by atoms with Gasteiger partial charge in [0.25, 0.3) is 0 Å². The Bertz CT molecular complexity index is 459. The normalized spacial score (nSPS) is 13.6. The van der Waals surface area contributed by atoms with Crippen molar-refractivity contribution in [3.63, 3.8) is 0 Å². The number of oxime groups is 1. The summed E-state index contributed by atoms with van der Waals surface area (Å²) in [7, 11) is -2.64. The number of sulfone groups is 1. The fraction of sp³-hybridized carbons (Fsp3) is 0.750. The van der Waals surface area contributed by atoms with Crippen LogP contribution in [-0.2, 0) is 14.7 Å². The first-order valence-corrected chi connectivity index (χ1v) is 7.37. The number of carbonyl (C=O) groups is 1. The average Bonchev–Trinajstić information content (AvgIpc) is 2.12. The number of hydrogen-bond donors (Lipinski definition) is 0. The molecule has 0 fully saturated rings. The summed E-state index contributed by atoms with van der Waals surface area (Å²) in [6.45, 7) is 2.60. The minimum absolute atomic E-state index is 0.185. The van der Waals surface area contributed by atoms with Crippen molar-refractivity contribution >= 4 is 34.1 Å². The molecule has 0 aliphatic rings. The number of halogens is 3. The summed E-state index contributed by atoms with van der Waals surface area (Å²) in [6.07, 6.45) is 0.404. The highest BCUT2D eigenvalue weighted by Crippen LogP contribution is 2.32. The van der Waals surface area contributed by atoms with E-state index in [2.05, 4.69) is 9.99 Å². The molecule has 0 aromatic heterocycles. The van der Waals surface area contributed by atoms with Gasteiger partial charge in [0, 0.05) is 13.3 Å². The summed E-state index contributed by atoms with van der Waals surface area (Å²) in [6, 6.07) is 0. The molecule has 0 N–H and O–H groups in total. The minimum atomic E-state index is -4.64. The Hall–Kier alpha value is -0.970. The van der Waals surface area contributed by atoms with E-state index >= 15 is 0 Å². The monoisotopic (exact) mass is 322 g/mol. The number of rotatable bonds is 4. The summed E-state index contributed by atoms with van der Waals surface area (Å²) in [5, 5.41) is 3.08. The van der Waals surface area contributed by atoms with Crippen LogP contribution in [0.25, 0.3) is 0 Å². The van der Waals surface area contributed by atoms with Crippen LogP contribution in [-0.4, -0.2) is 48.6 Å². The van der Waals surface area contributed by atoms with Gasteiger partial charge >= 0.3 is 11.6 Å². The molecule has 0 aromatic rings. The highest BCUT2D eigenvalue weighted by Gasteiger charge is 2.34. The lowest BCUT2D eigenvalue weighted by Gasteiger charge is -2.17. The summed E-state index contributed by atoms with van der Waals surface area (Å²) in [5.41, 5.74) is -4.64. The number of carbonyl (C=O) groups excluding carboxylic acids is 1. The molecule has 6 nitrogen and oxygen atoms in total. The molecule has 0 atom stereocenters. The molecule has 0 saturated heterocycles. The molecular weight excluding hydrogens is 309 g/mol. The van der Waals surface area contributed by atoms with E-state index in [1.807, 2.05) is 0 Å². The van der Waals surface area contributed by atoms with Crippen molar-refractivity contribution in [2.45, 2.75) is 24.1 Å². The lowest BCUT2D eigenvalue weighted by molar-refractivity contribution is -0.0358. The number of hydrogen-bond acceptors (Lipinski definition) is 6. The second-order valence-electron chi connectivity index (χ2n) is 4.00. The molecule has 0 heterocycles. The maximum Gasteiger partial charge on any atom is 0.461 e. The van der Waals surface area contributed by atoms with Crippen molar-refractivity contribution in [1.29, 1.82) is 0 Å². The fourth-order valence-corrected chi connectivity index (χ4v) is 1.20. The Labute approximate surface area is 113 Å². The molecule has 0 saturated carbocycles. The van der Waals surface area contributed by atoms with E-state index in [1.165, 1.54) is 13.8 Å². The molecule has 112 valence electrons. The van der Waals surface area contributed by atoms with Gasteiger partial charge in [-0.2, -0.15) is 13.2 Å². The molecular formula is C8H13F3N2O4S2. The lowest BCUT2D eigenvalue weighted by Crippen LogP contribution is -2.33. The number of nitrogens with zero attached hydrogens (tertiary/aromatic N) is 2. The average molecular weight is 322 g/mol. The third-order valence-electron chi connectivity index (χ3n) is 1.95. The van der Waals surface area contributed by atoms with Gasteiger partial charge in [-0.05, 0) is 13.8 Å². The Morgan fingerprint density at radius 1 is 1.37 bits per heavy atom. The smallest absolute Gasteiger partial charge is 0.298 e. The van der Waals surface area contributed by atoms with Gasteiger partial charge in [-0.1, -0.05) is 5.16 Å². The van der Waals surface area contributed by atoms with E-state index in [0.717, 1.165) is 19.5 Å². The largest absolute Gasteiger partial charge is 0.461 e. The van der Waals surface area contributed by atoms with E-state index in [-0.39, 0.29) is 4.31 Å². The van der Waals surface area contributed by atoms with Gasteiger partial charge in [0.2, 0.25) is 0 Å². The third kappa shape index (κ3) is 6.66. The van der Waals surface area contributed by atoms with Crippen LogP contribution >= 0.6 is 11.9 Å². The second-order valence-corrected chi connectivity index (χ2v) is 7.79. The molecule has 1 amide bonds. The molecule has 11 heteroatoms. The van der Waals surface area contributed by atoms with Crippen molar-refractivity contribution in [2.24, 2.45) is 5.16 Å². The standard InChI is InChI=1S/C8H13F3N2O4S2/c1-7(2,19(4,15)16)5-12-17-6(14)13(3)18-8(9,10)11/h5H,1-4H3. The van der Waals surface area contributed by atoms with Crippen LogP contribution in [0.5, 0.6) is 0 Å². The summed E-state index contributed by atoms with van der Waals surface area (Å²) >= 11 is -0.705. The summed E-state index contributed by atoms with van der Waals surface area (Å²) < 4.78 is 57.1. The first kappa shape index (κ1) is 18.0. The highest BCUT2D eigenvalue weighted by molar-refractivity contribution is 7.98. The number of amides is 1. The van der Waals surface area contributed by atoms with Crippen molar-refractivity contribution in [2.75, 3.05) is 13.3 Å². The van der Waals surface area contributed by atoms with Crippen LogP contribution in [0.1, 0.15) is 13.8 Å². The zero-order valence-electron chi connectivity index (χ0n) is 10.6. The lowest BCUT2D eigenvalue weighted by atomic mass is 10.2. The van der Waals surface area contributed by atoms with E-state index in [1.54, 1.807) is 0 Å². The van der Waals surface area contributed by atoms with Crippen LogP contribution in [0, 0.1) is 0 Å². The van der Waals surface area contributed by atoms with Crippen LogP contribution in [0.4, 0.5) is 18.0 Å². The highest BCUT2D eigenvalue weighted by atomic mass is 32.2. The predicted octanol–water partition coefficient (Wildman–Crippen LogP) is 2.03. The van der Waals surface area contributed by atoms with Crippen LogP contribution in [0.2, 0.25) is 0 Å². The topological polar surface area (TPSA) is 76.0 Å². The minimum Gasteiger partial charge on any atom is -0.298 e. The van der Waals surface area contributed by atoms with E-state index in [4.69, 9.17) is 0 Å². The van der Waals surface area contributed by atoms with Gasteiger partial charge in [0.1, 0.15) is 4.75 Å². The molecule has 0 bridgehead atoms. The van der Waals surface area contributed by atoms with Gasteiger partial charge < -0.3 is 0 Å². The van der Waals surface area contributed by atoms with Gasteiger partial charge in [0.05, 0.1) is 18.2 Å². The predicted molar refractivity (Wildman–Crippen MR) is 65.3 cm³/mol. The van der Waals surface area contributed by atoms with Crippen molar-refractivity contribution in [1.82, 2.24) is 4.31 Å². The van der Waals surface area contributed by atoms with Gasteiger partial charge in [0.15, 0.2) is 9.84 Å².